The molecule has 0 bridgehead atoms. The molecule has 0 aliphatic carbocycles. The number of hydrogen-bond donors (Lipinski definition) is 1. The highest BCUT2D eigenvalue weighted by Gasteiger charge is 2.33. The lowest BCUT2D eigenvalue weighted by Gasteiger charge is -2.26. The van der Waals surface area contributed by atoms with Crippen molar-refractivity contribution in [3.8, 4) is 11.5 Å². The van der Waals surface area contributed by atoms with E-state index in [0.29, 0.717) is 31.1 Å². The summed E-state index contributed by atoms with van der Waals surface area (Å²) in [6, 6.07) is 12.4. The minimum atomic E-state index is -3.62. The molecule has 1 fully saturated rings. The van der Waals surface area contributed by atoms with Gasteiger partial charge >= 0.3 is 0 Å². The molecule has 3 aliphatic heterocycles. The third-order valence-corrected chi connectivity index (χ3v) is 6.96. The Morgan fingerprint density at radius 2 is 1.93 bits per heavy atom. The van der Waals surface area contributed by atoms with Crippen LogP contribution in [0.3, 0.4) is 0 Å². The van der Waals surface area contributed by atoms with Crippen molar-refractivity contribution in [2.75, 3.05) is 26.3 Å². The number of nitrogens with zero attached hydrogens (tertiary/aromatic N) is 2. The van der Waals surface area contributed by atoms with Gasteiger partial charge in [-0.1, -0.05) is 18.2 Å². The number of amidine groups is 1. The number of nitrogens with one attached hydrogen (secondary N) is 1. The highest BCUT2D eigenvalue weighted by molar-refractivity contribution is 7.90. The number of aliphatic imine (C=N–C) groups is 1. The standard InChI is InChI=1S/C21H21N3O5S/c25-20(13-22-21-15-4-1-2-6-19(15)30(26,27)23-21)24-9-3-5-16(24)14-7-8-17-18(12-14)29-11-10-28-17/h1-2,4,6-8,12,16H,3,5,9-11,13H2,(H,22,23)/t16-/m0/s1. The van der Waals surface area contributed by atoms with Crippen LogP contribution in [0.15, 0.2) is 52.4 Å². The zero-order valence-electron chi connectivity index (χ0n) is 16.2. The Hall–Kier alpha value is -3.07. The van der Waals surface area contributed by atoms with Crippen molar-refractivity contribution < 1.29 is 22.7 Å². The summed E-state index contributed by atoms with van der Waals surface area (Å²) in [6.45, 7) is 1.57. The monoisotopic (exact) mass is 427 g/mol. The van der Waals surface area contributed by atoms with E-state index in [9.17, 15) is 13.2 Å². The molecule has 1 amide bonds. The van der Waals surface area contributed by atoms with Crippen LogP contribution in [0.4, 0.5) is 0 Å². The first-order valence-corrected chi connectivity index (χ1v) is 11.4. The van der Waals surface area contributed by atoms with Gasteiger partial charge in [0.25, 0.3) is 10.0 Å². The molecule has 0 aromatic heterocycles. The molecule has 1 atom stereocenters. The number of rotatable bonds is 3. The van der Waals surface area contributed by atoms with Crippen LogP contribution in [0.1, 0.15) is 30.0 Å². The number of hydrogen-bond acceptors (Lipinski definition) is 6. The summed E-state index contributed by atoms with van der Waals surface area (Å²) in [5, 5.41) is 0. The Kier molecular flexibility index (Phi) is 4.62. The fourth-order valence-corrected chi connectivity index (χ4v) is 5.42. The first kappa shape index (κ1) is 18.9. The quantitative estimate of drug-likeness (QED) is 0.807. The van der Waals surface area contributed by atoms with Gasteiger partial charge in [0, 0.05) is 12.1 Å². The van der Waals surface area contributed by atoms with Crippen LogP contribution >= 0.6 is 0 Å². The average molecular weight is 427 g/mol. The molecule has 3 aliphatic rings. The van der Waals surface area contributed by atoms with Crippen molar-refractivity contribution >= 4 is 21.8 Å². The predicted molar refractivity (Wildman–Crippen MR) is 109 cm³/mol. The molecule has 0 radical (unpaired) electrons. The first-order valence-electron chi connectivity index (χ1n) is 9.89. The molecule has 1 N–H and O–H groups in total. The van der Waals surface area contributed by atoms with E-state index in [4.69, 9.17) is 9.47 Å². The van der Waals surface area contributed by atoms with Crippen molar-refractivity contribution in [2.45, 2.75) is 23.8 Å². The second kappa shape index (κ2) is 7.32. The molecule has 8 nitrogen and oxygen atoms in total. The Bertz CT molecular complexity index is 1150. The minimum Gasteiger partial charge on any atom is -0.486 e. The van der Waals surface area contributed by atoms with Gasteiger partial charge in [0.1, 0.15) is 25.6 Å². The lowest BCUT2D eigenvalue weighted by Crippen LogP contribution is -2.33. The minimum absolute atomic E-state index is 0.0546. The number of ether oxygens (including phenoxy) is 2. The maximum absolute atomic E-state index is 12.9. The molecule has 30 heavy (non-hydrogen) atoms. The number of amides is 1. The van der Waals surface area contributed by atoms with Crippen LogP contribution in [0.2, 0.25) is 0 Å². The normalized spacial score (nSPS) is 22.6. The lowest BCUT2D eigenvalue weighted by molar-refractivity contribution is -0.130. The van der Waals surface area contributed by atoms with E-state index in [1.165, 1.54) is 6.07 Å². The summed E-state index contributed by atoms with van der Waals surface area (Å²) in [6.07, 6.45) is 1.76. The van der Waals surface area contributed by atoms with Crippen molar-refractivity contribution in [2.24, 2.45) is 4.99 Å². The number of carbonyl (C=O) groups is 1. The van der Waals surface area contributed by atoms with E-state index in [-0.39, 0.29) is 29.2 Å². The fourth-order valence-electron chi connectivity index (χ4n) is 4.17. The number of carbonyl (C=O) groups excluding carboxylic acids is 1. The van der Waals surface area contributed by atoms with Crippen LogP contribution < -0.4 is 14.2 Å². The predicted octanol–water partition coefficient (Wildman–Crippen LogP) is 1.86. The van der Waals surface area contributed by atoms with E-state index in [1.807, 2.05) is 23.1 Å². The highest BCUT2D eigenvalue weighted by Crippen LogP contribution is 2.38. The van der Waals surface area contributed by atoms with Gasteiger partial charge in [-0.2, -0.15) is 0 Å². The number of likely N-dealkylation sites (tertiary alicyclic amines) is 1. The Morgan fingerprint density at radius 1 is 1.13 bits per heavy atom. The van der Waals surface area contributed by atoms with E-state index < -0.39 is 10.0 Å². The maximum atomic E-state index is 12.9. The molecule has 1 saturated heterocycles. The molecular weight excluding hydrogens is 406 g/mol. The van der Waals surface area contributed by atoms with Crippen molar-refractivity contribution in [1.82, 2.24) is 9.62 Å². The number of benzene rings is 2. The van der Waals surface area contributed by atoms with Crippen LogP contribution in [0.25, 0.3) is 0 Å². The van der Waals surface area contributed by atoms with Gasteiger partial charge in [0.2, 0.25) is 5.91 Å². The Labute approximate surface area is 174 Å². The summed E-state index contributed by atoms with van der Waals surface area (Å²) in [4.78, 5) is 19.2. The van der Waals surface area contributed by atoms with Crippen LogP contribution in [-0.2, 0) is 14.8 Å². The molecule has 2 aromatic carbocycles. The number of fused-ring (bicyclic) bond motifs is 2. The summed E-state index contributed by atoms with van der Waals surface area (Å²) in [5.41, 5.74) is 1.50. The fraction of sp³-hybridized carbons (Fsp3) is 0.333. The first-order chi connectivity index (χ1) is 14.5. The molecular formula is C21H21N3O5S. The second-order valence-electron chi connectivity index (χ2n) is 7.41. The topological polar surface area (TPSA) is 97.3 Å². The second-order valence-corrected chi connectivity index (χ2v) is 9.07. The molecule has 0 spiro atoms. The molecule has 156 valence electrons. The molecule has 2 aromatic rings. The van der Waals surface area contributed by atoms with Gasteiger partial charge in [-0.3, -0.25) is 14.5 Å². The smallest absolute Gasteiger partial charge is 0.263 e. The van der Waals surface area contributed by atoms with Crippen molar-refractivity contribution in [3.63, 3.8) is 0 Å². The average Bonchev–Trinajstić information content (AvgIpc) is 3.35. The molecule has 5 rings (SSSR count). The third kappa shape index (κ3) is 3.28. The summed E-state index contributed by atoms with van der Waals surface area (Å²) in [7, 11) is -3.62. The Balaban J connectivity index is 1.35. The molecule has 0 saturated carbocycles. The van der Waals surface area contributed by atoms with E-state index in [2.05, 4.69) is 9.71 Å². The maximum Gasteiger partial charge on any atom is 0.263 e. The van der Waals surface area contributed by atoms with Gasteiger partial charge in [-0.05, 0) is 42.7 Å². The lowest BCUT2D eigenvalue weighted by atomic mass is 10.0. The van der Waals surface area contributed by atoms with Gasteiger partial charge < -0.3 is 14.4 Å². The highest BCUT2D eigenvalue weighted by atomic mass is 32.2. The van der Waals surface area contributed by atoms with E-state index in [1.54, 1.807) is 18.2 Å². The Morgan fingerprint density at radius 3 is 2.80 bits per heavy atom. The van der Waals surface area contributed by atoms with Gasteiger partial charge in [-0.25, -0.2) is 8.42 Å². The molecule has 0 unspecified atom stereocenters. The third-order valence-electron chi connectivity index (χ3n) is 5.56. The zero-order valence-corrected chi connectivity index (χ0v) is 17.0. The van der Waals surface area contributed by atoms with Crippen molar-refractivity contribution in [3.05, 3.63) is 53.6 Å². The van der Waals surface area contributed by atoms with Crippen molar-refractivity contribution in [1.29, 1.82) is 0 Å². The largest absolute Gasteiger partial charge is 0.486 e. The summed E-state index contributed by atoms with van der Waals surface area (Å²) < 4.78 is 38.1. The number of sulfonamides is 1. The zero-order chi connectivity index (χ0) is 20.7. The van der Waals surface area contributed by atoms with E-state index in [0.717, 1.165) is 24.2 Å². The molecule has 9 heteroatoms. The van der Waals surface area contributed by atoms with Gasteiger partial charge in [-0.15, -0.1) is 0 Å². The van der Waals surface area contributed by atoms with Gasteiger partial charge in [0.05, 0.1) is 10.9 Å². The van der Waals surface area contributed by atoms with Crippen LogP contribution in [0, 0.1) is 0 Å². The van der Waals surface area contributed by atoms with Gasteiger partial charge in [0.15, 0.2) is 11.5 Å². The van der Waals surface area contributed by atoms with Crippen LogP contribution in [0.5, 0.6) is 11.5 Å². The van der Waals surface area contributed by atoms with Crippen LogP contribution in [-0.4, -0.2) is 51.4 Å². The SMILES string of the molecule is O=C(CN=C1NS(=O)(=O)c2ccccc21)N1CCC[C@H]1c1ccc2c(c1)OCCO2. The van der Waals surface area contributed by atoms with E-state index >= 15 is 0 Å². The summed E-state index contributed by atoms with van der Waals surface area (Å²) in [5.74, 6) is 1.51. The summed E-state index contributed by atoms with van der Waals surface area (Å²) >= 11 is 0. The molecule has 3 heterocycles.